The second kappa shape index (κ2) is 9.30. The maximum atomic E-state index is 12.1. The summed E-state index contributed by atoms with van der Waals surface area (Å²) >= 11 is 1.65. The summed E-state index contributed by atoms with van der Waals surface area (Å²) in [5.41, 5.74) is 6.69. The number of hydrogen-bond donors (Lipinski definition) is 1. The number of fused-ring (bicyclic) bond motifs is 1. The maximum absolute atomic E-state index is 12.1. The van der Waals surface area contributed by atoms with E-state index in [1.54, 1.807) is 16.2 Å². The molecule has 2 unspecified atom stereocenters. The highest BCUT2D eigenvalue weighted by Gasteiger charge is 2.20. The minimum atomic E-state index is -0.00650. The number of thiazole rings is 1. The third-order valence-electron chi connectivity index (χ3n) is 3.46. The van der Waals surface area contributed by atoms with E-state index in [0.29, 0.717) is 6.42 Å². The van der Waals surface area contributed by atoms with E-state index >= 15 is 0 Å². The van der Waals surface area contributed by atoms with E-state index in [4.69, 9.17) is 5.73 Å². The zero-order valence-electron chi connectivity index (χ0n) is 13.0. The molecule has 7 heteroatoms. The van der Waals surface area contributed by atoms with Crippen molar-refractivity contribution in [2.45, 2.75) is 38.8 Å². The molecule has 4 nitrogen and oxygen atoms in total. The number of benzene rings is 1. The monoisotopic (exact) mass is 363 g/mol. The van der Waals surface area contributed by atoms with Gasteiger partial charge in [-0.25, -0.2) is 4.98 Å². The molecule has 2 aromatic rings. The van der Waals surface area contributed by atoms with Crippen LogP contribution in [-0.4, -0.2) is 28.9 Å². The summed E-state index contributed by atoms with van der Waals surface area (Å²) in [5.74, 6) is 0.119. The first-order valence-electron chi connectivity index (χ1n) is 6.85. The van der Waals surface area contributed by atoms with Gasteiger partial charge in [-0.3, -0.25) is 4.79 Å². The predicted octanol–water partition coefficient (Wildman–Crippen LogP) is 3.79. The Morgan fingerprint density at radius 3 is 2.55 bits per heavy atom. The first kappa shape index (κ1) is 21.1. The molecule has 0 bridgehead atoms. The van der Waals surface area contributed by atoms with Gasteiger partial charge in [0.2, 0.25) is 5.91 Å². The average Bonchev–Trinajstić information content (AvgIpc) is 2.86. The van der Waals surface area contributed by atoms with Gasteiger partial charge in [-0.15, -0.1) is 36.2 Å². The molecule has 0 saturated carbocycles. The second-order valence-electron chi connectivity index (χ2n) is 5.22. The first-order chi connectivity index (χ1) is 9.49. The van der Waals surface area contributed by atoms with Crippen molar-refractivity contribution in [2.24, 2.45) is 5.73 Å². The summed E-state index contributed by atoms with van der Waals surface area (Å²) in [6.45, 7) is 3.94. The molecule has 2 rings (SSSR count). The fourth-order valence-electron chi connectivity index (χ4n) is 1.98. The molecule has 124 valence electrons. The van der Waals surface area contributed by atoms with Crippen LogP contribution in [0.25, 0.3) is 10.2 Å². The standard InChI is InChI=1S/C15H21N3OS.2ClH/c1-10(16)8-9-14(19)18(3)11(2)15-17-12-6-4-5-7-13(12)20-15;;/h4-7,10-11H,8-9,16H2,1-3H3;2*1H. The molecular formula is C15H23Cl2N3OS. The lowest BCUT2D eigenvalue weighted by Gasteiger charge is -2.23. The molecule has 0 saturated heterocycles. The summed E-state index contributed by atoms with van der Waals surface area (Å²) in [4.78, 5) is 18.5. The summed E-state index contributed by atoms with van der Waals surface area (Å²) in [5, 5.41) is 0.975. The Morgan fingerprint density at radius 1 is 1.32 bits per heavy atom. The maximum Gasteiger partial charge on any atom is 0.222 e. The highest BCUT2D eigenvalue weighted by atomic mass is 35.5. The molecule has 1 aromatic carbocycles. The SMILES string of the molecule is CC(N)CCC(=O)N(C)C(C)c1nc2ccccc2s1.Cl.Cl. The topological polar surface area (TPSA) is 59.2 Å². The zero-order chi connectivity index (χ0) is 14.7. The van der Waals surface area contributed by atoms with Crippen molar-refractivity contribution in [1.82, 2.24) is 9.88 Å². The van der Waals surface area contributed by atoms with Crippen molar-refractivity contribution in [2.75, 3.05) is 7.05 Å². The summed E-state index contributed by atoms with van der Waals surface area (Å²) < 4.78 is 1.16. The van der Waals surface area contributed by atoms with E-state index in [1.807, 2.05) is 39.1 Å². The normalized spacial score (nSPS) is 12.9. The van der Waals surface area contributed by atoms with Crippen LogP contribution in [0.3, 0.4) is 0 Å². The molecule has 1 heterocycles. The van der Waals surface area contributed by atoms with Crippen LogP contribution in [0.4, 0.5) is 0 Å². The van der Waals surface area contributed by atoms with Crippen molar-refractivity contribution in [1.29, 1.82) is 0 Å². The first-order valence-corrected chi connectivity index (χ1v) is 7.67. The fraction of sp³-hybridized carbons (Fsp3) is 0.467. The molecule has 0 aliphatic heterocycles. The van der Waals surface area contributed by atoms with Crippen LogP contribution in [0.1, 0.15) is 37.7 Å². The third-order valence-corrected chi connectivity index (χ3v) is 4.66. The van der Waals surface area contributed by atoms with E-state index in [0.717, 1.165) is 21.6 Å². The fourth-order valence-corrected chi connectivity index (χ4v) is 3.04. The van der Waals surface area contributed by atoms with E-state index in [9.17, 15) is 4.79 Å². The highest BCUT2D eigenvalue weighted by Crippen LogP contribution is 2.29. The summed E-state index contributed by atoms with van der Waals surface area (Å²) in [6.07, 6.45) is 1.21. The number of amides is 1. The molecule has 22 heavy (non-hydrogen) atoms. The van der Waals surface area contributed by atoms with Crippen molar-refractivity contribution in [3.63, 3.8) is 0 Å². The van der Waals surface area contributed by atoms with Crippen molar-refractivity contribution >= 4 is 52.3 Å². The molecule has 2 N–H and O–H groups in total. The second-order valence-corrected chi connectivity index (χ2v) is 6.28. The van der Waals surface area contributed by atoms with Gasteiger partial charge in [-0.05, 0) is 32.4 Å². The number of nitrogens with two attached hydrogens (primary N) is 1. The van der Waals surface area contributed by atoms with Gasteiger partial charge in [-0.2, -0.15) is 0 Å². The summed E-state index contributed by atoms with van der Waals surface area (Å²) in [7, 11) is 1.83. The molecule has 1 aromatic heterocycles. The molecule has 0 fully saturated rings. The van der Waals surface area contributed by atoms with Crippen LogP contribution in [0.15, 0.2) is 24.3 Å². The number of carbonyl (C=O) groups is 1. The molecule has 1 amide bonds. The molecule has 0 spiro atoms. The third kappa shape index (κ3) is 5.09. The number of carbonyl (C=O) groups excluding carboxylic acids is 1. The summed E-state index contributed by atoms with van der Waals surface area (Å²) in [6, 6.07) is 8.10. The van der Waals surface area contributed by atoms with Crippen LogP contribution in [-0.2, 0) is 4.79 Å². The lowest BCUT2D eigenvalue weighted by atomic mass is 10.1. The van der Waals surface area contributed by atoms with Gasteiger partial charge >= 0.3 is 0 Å². The van der Waals surface area contributed by atoms with Crippen LogP contribution < -0.4 is 5.73 Å². The van der Waals surface area contributed by atoms with Crippen molar-refractivity contribution < 1.29 is 4.79 Å². The minimum absolute atomic E-state index is 0. The van der Waals surface area contributed by atoms with E-state index in [-0.39, 0.29) is 42.8 Å². The largest absolute Gasteiger partial charge is 0.337 e. The molecule has 2 atom stereocenters. The Bertz CT molecular complexity index is 570. The Morgan fingerprint density at radius 2 is 1.95 bits per heavy atom. The van der Waals surface area contributed by atoms with Gasteiger partial charge in [0, 0.05) is 19.5 Å². The quantitative estimate of drug-likeness (QED) is 0.878. The average molecular weight is 364 g/mol. The number of hydrogen-bond acceptors (Lipinski definition) is 4. The van der Waals surface area contributed by atoms with Gasteiger partial charge in [-0.1, -0.05) is 12.1 Å². The number of para-hydroxylation sites is 1. The van der Waals surface area contributed by atoms with E-state index in [1.165, 1.54) is 0 Å². The van der Waals surface area contributed by atoms with Crippen LogP contribution in [0.2, 0.25) is 0 Å². The molecular weight excluding hydrogens is 341 g/mol. The van der Waals surface area contributed by atoms with Crippen LogP contribution in [0.5, 0.6) is 0 Å². The van der Waals surface area contributed by atoms with Gasteiger partial charge in [0.25, 0.3) is 0 Å². The lowest BCUT2D eigenvalue weighted by Crippen LogP contribution is -2.30. The van der Waals surface area contributed by atoms with Crippen LogP contribution >= 0.6 is 36.2 Å². The highest BCUT2D eigenvalue weighted by molar-refractivity contribution is 7.18. The number of nitrogens with zero attached hydrogens (tertiary/aromatic N) is 2. The lowest BCUT2D eigenvalue weighted by molar-refractivity contribution is -0.132. The number of halogens is 2. The number of rotatable bonds is 5. The van der Waals surface area contributed by atoms with E-state index in [2.05, 4.69) is 11.1 Å². The Balaban J connectivity index is 0.00000220. The Kier molecular flexibility index (Phi) is 8.93. The Hall–Kier alpha value is -0.880. The van der Waals surface area contributed by atoms with Crippen molar-refractivity contribution in [3.8, 4) is 0 Å². The molecule has 0 aliphatic carbocycles. The molecule has 0 radical (unpaired) electrons. The van der Waals surface area contributed by atoms with Crippen molar-refractivity contribution in [3.05, 3.63) is 29.3 Å². The van der Waals surface area contributed by atoms with Gasteiger partial charge in [0.15, 0.2) is 0 Å². The van der Waals surface area contributed by atoms with Gasteiger partial charge < -0.3 is 10.6 Å². The van der Waals surface area contributed by atoms with Crippen LogP contribution in [0, 0.1) is 0 Å². The van der Waals surface area contributed by atoms with Gasteiger partial charge in [0.05, 0.1) is 16.3 Å². The molecule has 0 aliphatic rings. The Labute approximate surface area is 147 Å². The predicted molar refractivity (Wildman–Crippen MR) is 98.2 cm³/mol. The minimum Gasteiger partial charge on any atom is -0.337 e. The van der Waals surface area contributed by atoms with Gasteiger partial charge in [0.1, 0.15) is 5.01 Å². The number of aromatic nitrogens is 1. The smallest absolute Gasteiger partial charge is 0.222 e. The zero-order valence-corrected chi connectivity index (χ0v) is 15.4. The van der Waals surface area contributed by atoms with E-state index < -0.39 is 0 Å².